The Morgan fingerprint density at radius 1 is 0.913 bits per heavy atom. The van der Waals surface area contributed by atoms with Crippen molar-refractivity contribution < 1.29 is 50.0 Å². The van der Waals surface area contributed by atoms with Crippen LogP contribution in [0.5, 0.6) is 0 Å². The largest absolute Gasteiger partial charge is 0.432 e. The lowest BCUT2D eigenvalue weighted by Crippen LogP contribution is -2.69. The lowest BCUT2D eigenvalue weighted by atomic mass is 9.33. The molecule has 1 aliphatic heterocycles. The van der Waals surface area contributed by atoms with Crippen LogP contribution in [0, 0.1) is 50.7 Å². The van der Waals surface area contributed by atoms with Crippen LogP contribution >= 0.6 is 0 Å². The first-order chi connectivity index (χ1) is 21.2. The number of fused-ring (bicyclic) bond motifs is 7. The predicted molar refractivity (Wildman–Crippen MR) is 168 cm³/mol. The molecule has 6 rings (SSSR count). The third-order valence-electron chi connectivity index (χ3n) is 15.5. The van der Waals surface area contributed by atoms with Crippen molar-refractivity contribution >= 4 is 5.97 Å². The molecule has 0 bridgehead atoms. The van der Waals surface area contributed by atoms with Gasteiger partial charge in [0, 0.05) is 5.92 Å². The number of hydrogen-bond acceptors (Lipinski definition) is 10. The molecular formula is C36H58O10. The van der Waals surface area contributed by atoms with Crippen LogP contribution in [0.1, 0.15) is 99.8 Å². The fourth-order valence-electron chi connectivity index (χ4n) is 12.4. The van der Waals surface area contributed by atoms with Gasteiger partial charge in [0.2, 0.25) is 6.29 Å². The molecule has 46 heavy (non-hydrogen) atoms. The monoisotopic (exact) mass is 650 g/mol. The molecule has 16 atom stereocenters. The minimum atomic E-state index is -1.70. The second-order valence-electron chi connectivity index (χ2n) is 17.7. The van der Waals surface area contributed by atoms with E-state index in [0.717, 1.165) is 24.8 Å². The third-order valence-corrected chi connectivity index (χ3v) is 15.5. The number of carbonyl (C=O) groups is 1. The van der Waals surface area contributed by atoms with Crippen LogP contribution in [-0.2, 0) is 14.3 Å². The van der Waals surface area contributed by atoms with E-state index in [1.165, 1.54) is 0 Å². The lowest BCUT2D eigenvalue weighted by molar-refractivity contribution is -0.299. The van der Waals surface area contributed by atoms with E-state index in [2.05, 4.69) is 40.7 Å². The second kappa shape index (κ2) is 10.9. The van der Waals surface area contributed by atoms with Gasteiger partial charge in [-0.1, -0.05) is 53.2 Å². The number of ether oxygens (including phenoxy) is 2. The van der Waals surface area contributed by atoms with Crippen LogP contribution in [0.2, 0.25) is 0 Å². The molecule has 5 fully saturated rings. The van der Waals surface area contributed by atoms with E-state index in [9.17, 15) is 40.5 Å². The summed E-state index contributed by atoms with van der Waals surface area (Å²) in [7, 11) is 0. The first kappa shape index (κ1) is 34.7. The Hall–Kier alpha value is -1.11. The maximum Gasteiger partial charge on any atom is 0.315 e. The molecule has 1 saturated heterocycles. The number of rotatable bonds is 3. The van der Waals surface area contributed by atoms with Crippen LogP contribution in [0.3, 0.4) is 0 Å². The zero-order valence-corrected chi connectivity index (χ0v) is 28.6. The zero-order valence-electron chi connectivity index (χ0n) is 28.6. The summed E-state index contributed by atoms with van der Waals surface area (Å²) in [6.07, 6.45) is -1.65. The number of hydrogen-bond donors (Lipinski definition) is 7. The molecule has 262 valence electrons. The summed E-state index contributed by atoms with van der Waals surface area (Å²) in [4.78, 5) is 14.5. The quantitative estimate of drug-likeness (QED) is 0.177. The Morgan fingerprint density at radius 3 is 2.24 bits per heavy atom. The molecule has 5 aliphatic carbocycles. The first-order valence-corrected chi connectivity index (χ1v) is 17.5. The molecule has 0 radical (unpaired) electrons. The van der Waals surface area contributed by atoms with E-state index in [1.54, 1.807) is 0 Å². The van der Waals surface area contributed by atoms with Crippen molar-refractivity contribution in [3.05, 3.63) is 11.6 Å². The Bertz CT molecular complexity index is 1250. The van der Waals surface area contributed by atoms with Gasteiger partial charge >= 0.3 is 5.97 Å². The molecule has 1 unspecified atom stereocenters. The zero-order chi connectivity index (χ0) is 34.0. The Balaban J connectivity index is 1.39. The van der Waals surface area contributed by atoms with Crippen LogP contribution in [0.4, 0.5) is 0 Å². The number of aliphatic hydroxyl groups is 7. The van der Waals surface area contributed by atoms with Crippen LogP contribution < -0.4 is 0 Å². The van der Waals surface area contributed by atoms with E-state index >= 15 is 0 Å². The van der Waals surface area contributed by atoms with Gasteiger partial charge in [0.05, 0.1) is 29.8 Å². The molecular weight excluding hydrogens is 592 g/mol. The number of aliphatic hydroxyl groups excluding tert-OH is 6. The summed E-state index contributed by atoms with van der Waals surface area (Å²) in [6, 6.07) is 0. The Labute approximate surface area is 273 Å². The summed E-state index contributed by atoms with van der Waals surface area (Å²) in [5.74, 6) is -0.787. The second-order valence-corrected chi connectivity index (χ2v) is 17.7. The van der Waals surface area contributed by atoms with Gasteiger partial charge in [-0.25, -0.2) is 0 Å². The molecule has 10 nitrogen and oxygen atoms in total. The number of carbonyl (C=O) groups excluding carboxylic acids is 1. The van der Waals surface area contributed by atoms with Crippen molar-refractivity contribution in [2.45, 2.75) is 148 Å². The highest BCUT2D eigenvalue weighted by atomic mass is 16.7. The van der Waals surface area contributed by atoms with Gasteiger partial charge in [-0.05, 0) is 97.7 Å². The highest BCUT2D eigenvalue weighted by Crippen LogP contribution is 2.76. The average Bonchev–Trinajstić information content (AvgIpc) is 2.98. The van der Waals surface area contributed by atoms with Crippen LogP contribution in [-0.4, -0.2) is 96.8 Å². The van der Waals surface area contributed by atoms with E-state index in [-0.39, 0.29) is 34.0 Å². The predicted octanol–water partition coefficient (Wildman–Crippen LogP) is 2.43. The number of esters is 1. The van der Waals surface area contributed by atoms with E-state index < -0.39 is 77.8 Å². The van der Waals surface area contributed by atoms with Crippen LogP contribution in [0.25, 0.3) is 0 Å². The van der Waals surface area contributed by atoms with Gasteiger partial charge in [0.25, 0.3) is 0 Å². The third kappa shape index (κ3) is 4.39. The van der Waals surface area contributed by atoms with Gasteiger partial charge in [-0.2, -0.15) is 0 Å². The number of allylic oxidation sites excluding steroid dienone is 1. The van der Waals surface area contributed by atoms with Crippen molar-refractivity contribution in [3.63, 3.8) is 0 Å². The molecule has 10 heteroatoms. The Morgan fingerprint density at radius 2 is 1.59 bits per heavy atom. The standard InChI is InChI=1S/C36H58O10/c1-18-10-13-36(30(43)46-29-26(41)25(40)24(39)21(17-37)45-29)15-14-33(5)19(27(36)35(18,7)44)8-9-23-32(4)16-20(38)28(42)31(2,3)22(32)11-12-34(23,33)6/h8,18,20-29,37-42,44H,9-17H2,1-7H3/t18-,20-,21-,22+,23-,24-,25+,26-,27?,28+,29+,32+,33-,34-,35-,36+/m1/s1. The van der Waals surface area contributed by atoms with Gasteiger partial charge in [-0.15, -0.1) is 0 Å². The fraction of sp³-hybridized carbons (Fsp3) is 0.917. The maximum atomic E-state index is 14.5. The van der Waals surface area contributed by atoms with Crippen molar-refractivity contribution in [2.24, 2.45) is 50.7 Å². The van der Waals surface area contributed by atoms with E-state index in [1.807, 2.05) is 13.8 Å². The fourth-order valence-corrected chi connectivity index (χ4v) is 12.4. The highest BCUT2D eigenvalue weighted by Gasteiger charge is 2.72. The first-order valence-electron chi connectivity index (χ1n) is 17.5. The normalized spacial score (nSPS) is 56.4. The van der Waals surface area contributed by atoms with E-state index in [0.29, 0.717) is 32.1 Å². The molecule has 1 heterocycles. The summed E-state index contributed by atoms with van der Waals surface area (Å²) in [5.41, 5.74) is -2.44. The molecule has 6 aliphatic rings. The smallest absolute Gasteiger partial charge is 0.315 e. The van der Waals surface area contributed by atoms with Crippen LogP contribution in [0.15, 0.2) is 11.6 Å². The average molecular weight is 651 g/mol. The molecule has 0 spiro atoms. The minimum Gasteiger partial charge on any atom is -0.432 e. The van der Waals surface area contributed by atoms with Gasteiger partial charge in [0.1, 0.15) is 24.4 Å². The van der Waals surface area contributed by atoms with Crippen molar-refractivity contribution in [2.75, 3.05) is 6.61 Å². The van der Waals surface area contributed by atoms with Crippen molar-refractivity contribution in [1.29, 1.82) is 0 Å². The minimum absolute atomic E-state index is 0.0940. The topological polar surface area (TPSA) is 177 Å². The maximum absolute atomic E-state index is 14.5. The lowest BCUT2D eigenvalue weighted by Gasteiger charge is -2.72. The van der Waals surface area contributed by atoms with Crippen molar-refractivity contribution in [3.8, 4) is 0 Å². The summed E-state index contributed by atoms with van der Waals surface area (Å²) in [6.45, 7) is 14.4. The van der Waals surface area contributed by atoms with Gasteiger partial charge in [0.15, 0.2) is 0 Å². The molecule has 0 aromatic rings. The summed E-state index contributed by atoms with van der Waals surface area (Å²) >= 11 is 0. The molecule has 0 amide bonds. The summed E-state index contributed by atoms with van der Waals surface area (Å²) in [5, 5.41) is 75.6. The van der Waals surface area contributed by atoms with Gasteiger partial charge < -0.3 is 45.2 Å². The molecule has 7 N–H and O–H groups in total. The molecule has 0 aromatic heterocycles. The van der Waals surface area contributed by atoms with Crippen molar-refractivity contribution in [1.82, 2.24) is 0 Å². The Kier molecular flexibility index (Phi) is 8.27. The molecule has 0 aromatic carbocycles. The van der Waals surface area contributed by atoms with Gasteiger partial charge in [-0.3, -0.25) is 4.79 Å². The SMILES string of the molecule is C[C@@H]1CC[C@]2(C(=O)O[C@@H]3O[C@H](CO)[C@@H](O)[C@H](O)[C@H]3O)CC[C@]3(C)C(=CC[C@@H]4[C@@]5(C)C[C@@H](O)[C@H](O)C(C)(C)[C@@H]5CC[C@]43C)C2[C@]1(C)O. The van der Waals surface area contributed by atoms with E-state index in [4.69, 9.17) is 9.47 Å². The summed E-state index contributed by atoms with van der Waals surface area (Å²) < 4.78 is 11.5. The molecule has 4 saturated carbocycles. The highest BCUT2D eigenvalue weighted by molar-refractivity contribution is 5.79.